The molecule has 0 amide bonds. The average Bonchev–Trinajstić information content (AvgIpc) is 2.15. The van der Waals surface area contributed by atoms with Gasteiger partial charge in [-0.2, -0.15) is 0 Å². The Balaban J connectivity index is 2.01. The lowest BCUT2D eigenvalue weighted by Gasteiger charge is -2.45. The van der Waals surface area contributed by atoms with Crippen molar-refractivity contribution in [2.45, 2.75) is 50.6 Å². The zero-order chi connectivity index (χ0) is 10.8. The molecule has 0 aromatic carbocycles. The van der Waals surface area contributed by atoms with Crippen LogP contribution in [0.15, 0.2) is 11.6 Å². The van der Waals surface area contributed by atoms with Gasteiger partial charge in [-0.3, -0.25) is 9.69 Å². The van der Waals surface area contributed by atoms with Crippen molar-refractivity contribution >= 4 is 5.97 Å². The maximum absolute atomic E-state index is 10.5. The molecule has 2 aliphatic rings. The Bertz CT molecular complexity index is 269. The Labute approximate surface area is 90.8 Å². The molecule has 2 rings (SSSR count). The first kappa shape index (κ1) is 10.7. The third kappa shape index (κ3) is 2.40. The number of nitrogens with zero attached hydrogens (tertiary/aromatic N) is 1. The molecule has 0 radical (unpaired) electrons. The van der Waals surface area contributed by atoms with Gasteiger partial charge in [0.1, 0.15) is 0 Å². The first-order valence-corrected chi connectivity index (χ1v) is 5.78. The molecule has 0 saturated carbocycles. The summed E-state index contributed by atoms with van der Waals surface area (Å²) in [7, 11) is 2.21. The minimum Gasteiger partial charge on any atom is -0.481 e. The Hall–Kier alpha value is -0.830. The highest BCUT2D eigenvalue weighted by atomic mass is 16.4. The summed E-state index contributed by atoms with van der Waals surface area (Å²) in [5, 5.41) is 8.64. The Morgan fingerprint density at radius 2 is 2.07 bits per heavy atom. The van der Waals surface area contributed by atoms with Crippen LogP contribution in [0.1, 0.15) is 38.5 Å². The second-order valence-electron chi connectivity index (χ2n) is 4.77. The summed E-state index contributed by atoms with van der Waals surface area (Å²) in [6, 6.07) is 1.33. The van der Waals surface area contributed by atoms with Crippen LogP contribution in [-0.2, 0) is 4.79 Å². The number of aliphatic carboxylic acids is 1. The minimum absolute atomic E-state index is 0.193. The fourth-order valence-electron chi connectivity index (χ4n) is 2.87. The number of rotatable bonds is 2. The monoisotopic (exact) mass is 209 g/mol. The van der Waals surface area contributed by atoms with Crippen molar-refractivity contribution in [2.75, 3.05) is 7.05 Å². The van der Waals surface area contributed by atoms with E-state index in [0.717, 1.165) is 12.8 Å². The molecule has 0 aromatic rings. The van der Waals surface area contributed by atoms with Gasteiger partial charge in [0, 0.05) is 12.1 Å². The second-order valence-corrected chi connectivity index (χ2v) is 4.77. The summed E-state index contributed by atoms with van der Waals surface area (Å²) in [6.07, 6.45) is 8.18. The van der Waals surface area contributed by atoms with E-state index < -0.39 is 5.97 Å². The van der Waals surface area contributed by atoms with Crippen molar-refractivity contribution in [3.8, 4) is 0 Å². The number of carboxylic acid groups (broad SMARTS) is 1. The third-order valence-corrected chi connectivity index (χ3v) is 3.79. The summed E-state index contributed by atoms with van der Waals surface area (Å²) < 4.78 is 0. The van der Waals surface area contributed by atoms with Gasteiger partial charge in [-0.25, -0.2) is 0 Å². The Kier molecular flexibility index (Phi) is 3.10. The zero-order valence-corrected chi connectivity index (χ0v) is 9.28. The molecule has 0 spiro atoms. The van der Waals surface area contributed by atoms with Gasteiger partial charge in [-0.1, -0.05) is 18.1 Å². The SMILES string of the molecule is CN1C2CCCC1CC(=CCC(=O)O)C2. The van der Waals surface area contributed by atoms with Crippen molar-refractivity contribution < 1.29 is 9.90 Å². The summed E-state index contributed by atoms with van der Waals surface area (Å²) in [6.45, 7) is 0. The van der Waals surface area contributed by atoms with E-state index in [9.17, 15) is 4.79 Å². The van der Waals surface area contributed by atoms with Crippen LogP contribution in [0.3, 0.4) is 0 Å². The van der Waals surface area contributed by atoms with E-state index >= 15 is 0 Å². The quantitative estimate of drug-likeness (QED) is 0.707. The van der Waals surface area contributed by atoms with E-state index in [1.165, 1.54) is 24.8 Å². The smallest absolute Gasteiger partial charge is 0.307 e. The van der Waals surface area contributed by atoms with Crippen LogP contribution in [-0.4, -0.2) is 35.1 Å². The van der Waals surface area contributed by atoms with E-state index in [1.54, 1.807) is 0 Å². The maximum atomic E-state index is 10.5. The number of hydrogen-bond acceptors (Lipinski definition) is 2. The average molecular weight is 209 g/mol. The number of fused-ring (bicyclic) bond motifs is 2. The lowest BCUT2D eigenvalue weighted by Crippen LogP contribution is -2.47. The van der Waals surface area contributed by atoms with Gasteiger partial charge in [0.15, 0.2) is 0 Å². The van der Waals surface area contributed by atoms with Crippen molar-refractivity contribution in [2.24, 2.45) is 0 Å². The highest BCUT2D eigenvalue weighted by molar-refractivity contribution is 5.68. The third-order valence-electron chi connectivity index (χ3n) is 3.79. The van der Waals surface area contributed by atoms with Crippen LogP contribution >= 0.6 is 0 Å². The predicted octanol–water partition coefficient (Wildman–Crippen LogP) is 2.03. The molecule has 2 aliphatic heterocycles. The lowest BCUT2D eigenvalue weighted by molar-refractivity contribution is -0.136. The van der Waals surface area contributed by atoms with E-state index in [0.29, 0.717) is 12.1 Å². The van der Waals surface area contributed by atoms with Crippen molar-refractivity contribution in [1.82, 2.24) is 4.90 Å². The van der Waals surface area contributed by atoms with Gasteiger partial charge in [-0.05, 0) is 32.7 Å². The van der Waals surface area contributed by atoms with Gasteiger partial charge >= 0.3 is 5.97 Å². The molecule has 2 fully saturated rings. The first-order chi connectivity index (χ1) is 7.16. The summed E-state index contributed by atoms with van der Waals surface area (Å²) >= 11 is 0. The van der Waals surface area contributed by atoms with Crippen LogP contribution in [0, 0.1) is 0 Å². The summed E-state index contributed by atoms with van der Waals surface area (Å²) in [5.41, 5.74) is 1.37. The van der Waals surface area contributed by atoms with E-state index in [4.69, 9.17) is 5.11 Å². The summed E-state index contributed by atoms with van der Waals surface area (Å²) in [4.78, 5) is 13.0. The predicted molar refractivity (Wildman–Crippen MR) is 58.8 cm³/mol. The van der Waals surface area contributed by atoms with Crippen LogP contribution in [0.25, 0.3) is 0 Å². The fourth-order valence-corrected chi connectivity index (χ4v) is 2.87. The Morgan fingerprint density at radius 3 is 2.60 bits per heavy atom. The van der Waals surface area contributed by atoms with Gasteiger partial charge in [0.05, 0.1) is 6.42 Å². The molecule has 3 heteroatoms. The molecule has 84 valence electrons. The van der Waals surface area contributed by atoms with E-state index in [1.807, 2.05) is 6.08 Å². The number of piperidine rings is 2. The topological polar surface area (TPSA) is 40.5 Å². The molecule has 2 unspecified atom stereocenters. The van der Waals surface area contributed by atoms with Crippen LogP contribution in [0.2, 0.25) is 0 Å². The number of hydrogen-bond donors (Lipinski definition) is 1. The van der Waals surface area contributed by atoms with Crippen LogP contribution in [0.5, 0.6) is 0 Å². The van der Waals surface area contributed by atoms with Crippen LogP contribution < -0.4 is 0 Å². The van der Waals surface area contributed by atoms with Gasteiger partial charge in [0.25, 0.3) is 0 Å². The molecule has 2 heterocycles. The van der Waals surface area contributed by atoms with Gasteiger partial charge in [-0.15, -0.1) is 0 Å². The molecule has 2 atom stereocenters. The molecule has 0 aromatic heterocycles. The number of carbonyl (C=O) groups is 1. The van der Waals surface area contributed by atoms with Gasteiger partial charge < -0.3 is 5.11 Å². The largest absolute Gasteiger partial charge is 0.481 e. The van der Waals surface area contributed by atoms with Crippen molar-refractivity contribution in [1.29, 1.82) is 0 Å². The van der Waals surface area contributed by atoms with E-state index in [2.05, 4.69) is 11.9 Å². The Morgan fingerprint density at radius 1 is 1.47 bits per heavy atom. The van der Waals surface area contributed by atoms with Crippen molar-refractivity contribution in [3.63, 3.8) is 0 Å². The number of carboxylic acids is 1. The highest BCUT2D eigenvalue weighted by Gasteiger charge is 2.32. The lowest BCUT2D eigenvalue weighted by atomic mass is 9.82. The molecule has 2 bridgehead atoms. The molecule has 2 saturated heterocycles. The standard InChI is InChI=1S/C12H19NO2/c1-13-10-3-2-4-11(13)8-9(7-10)5-6-12(14)15/h5,10-11H,2-4,6-8H2,1H3,(H,14,15). The van der Waals surface area contributed by atoms with E-state index in [-0.39, 0.29) is 6.42 Å². The zero-order valence-electron chi connectivity index (χ0n) is 9.28. The summed E-state index contributed by atoms with van der Waals surface area (Å²) in [5.74, 6) is -0.716. The molecule has 3 nitrogen and oxygen atoms in total. The second kappa shape index (κ2) is 4.35. The minimum atomic E-state index is -0.716. The molecular formula is C12H19NO2. The highest BCUT2D eigenvalue weighted by Crippen LogP contribution is 2.35. The molecule has 1 N–H and O–H groups in total. The van der Waals surface area contributed by atoms with Crippen molar-refractivity contribution in [3.05, 3.63) is 11.6 Å². The first-order valence-electron chi connectivity index (χ1n) is 5.78. The fraction of sp³-hybridized carbons (Fsp3) is 0.750. The van der Waals surface area contributed by atoms with Crippen LogP contribution in [0.4, 0.5) is 0 Å². The van der Waals surface area contributed by atoms with Gasteiger partial charge in [0.2, 0.25) is 0 Å². The molecule has 15 heavy (non-hydrogen) atoms. The maximum Gasteiger partial charge on any atom is 0.307 e. The molecule has 0 aliphatic carbocycles. The molecular weight excluding hydrogens is 190 g/mol. The normalized spacial score (nSPS) is 31.4.